The molecule has 2 N–H and O–H groups in total. The van der Waals surface area contributed by atoms with E-state index in [1.54, 1.807) is 12.1 Å². The lowest BCUT2D eigenvalue weighted by atomic mass is 10.2. The summed E-state index contributed by atoms with van der Waals surface area (Å²) in [5.74, 6) is 0. The average Bonchev–Trinajstić information content (AvgIpc) is 1.80. The highest BCUT2D eigenvalue weighted by Gasteiger charge is 1.92. The van der Waals surface area contributed by atoms with Crippen molar-refractivity contribution >= 4 is 11.4 Å². The van der Waals surface area contributed by atoms with E-state index in [0.717, 1.165) is 5.56 Å². The molecule has 0 heterocycles. The van der Waals surface area contributed by atoms with Crippen LogP contribution in [0.4, 0.5) is 11.4 Å². The Morgan fingerprint density at radius 2 is 1.78 bits per heavy atom. The van der Waals surface area contributed by atoms with Crippen LogP contribution >= 0.6 is 0 Å². The second-order valence-corrected chi connectivity index (χ2v) is 2.05. The number of hydrogen-bond acceptors (Lipinski definition) is 0. The number of hydrogen-bond donors (Lipinski definition) is 0. The van der Waals surface area contributed by atoms with Crippen LogP contribution in [0.1, 0.15) is 5.56 Å². The van der Waals surface area contributed by atoms with Gasteiger partial charge in [-0.3, -0.25) is 11.5 Å². The predicted molar refractivity (Wildman–Crippen MR) is 36.7 cm³/mol. The Kier molecular flexibility index (Phi) is 1.30. The van der Waals surface area contributed by atoms with E-state index >= 15 is 0 Å². The van der Waals surface area contributed by atoms with Crippen molar-refractivity contribution in [3.8, 4) is 0 Å². The lowest BCUT2D eigenvalue weighted by Crippen LogP contribution is -1.76. The minimum atomic E-state index is 0.292. The van der Waals surface area contributed by atoms with Crippen molar-refractivity contribution in [2.75, 3.05) is 0 Å². The van der Waals surface area contributed by atoms with Gasteiger partial charge in [-0.15, -0.1) is 0 Å². The summed E-state index contributed by atoms with van der Waals surface area (Å²) in [6.45, 7) is 1.91. The molecular weight excluding hydrogens is 112 g/mol. The molecule has 1 aromatic carbocycles. The molecule has 0 aliphatic heterocycles. The molecule has 0 unspecified atom stereocenters. The summed E-state index contributed by atoms with van der Waals surface area (Å²) in [6, 6.07) is 5.15. The molecule has 0 amide bonds. The maximum atomic E-state index is 7.17. The second-order valence-electron chi connectivity index (χ2n) is 2.05. The van der Waals surface area contributed by atoms with Crippen molar-refractivity contribution in [3.63, 3.8) is 0 Å². The van der Waals surface area contributed by atoms with Gasteiger partial charge in [0.2, 0.25) is 0 Å². The molecule has 46 valence electrons. The molecule has 0 aromatic heterocycles. The van der Waals surface area contributed by atoms with E-state index in [1.807, 2.05) is 13.0 Å². The third kappa shape index (κ3) is 1.13. The topological polar surface area (TPSA) is 47.6 Å². The van der Waals surface area contributed by atoms with Crippen molar-refractivity contribution in [1.29, 1.82) is 0 Å². The van der Waals surface area contributed by atoms with E-state index in [2.05, 4.69) is 0 Å². The first kappa shape index (κ1) is 5.95. The molecule has 9 heavy (non-hydrogen) atoms. The molecule has 0 spiro atoms. The van der Waals surface area contributed by atoms with Crippen molar-refractivity contribution in [2.24, 2.45) is 0 Å². The minimum absolute atomic E-state index is 0.292. The zero-order valence-electron chi connectivity index (χ0n) is 5.23. The number of benzene rings is 1. The zero-order valence-corrected chi connectivity index (χ0v) is 5.23. The monoisotopic (exact) mass is 120 g/mol. The van der Waals surface area contributed by atoms with Crippen LogP contribution in [-0.2, 0) is 0 Å². The lowest BCUT2D eigenvalue weighted by Gasteiger charge is -1.96. The second kappa shape index (κ2) is 1.97. The molecule has 1 aromatic rings. The number of rotatable bonds is 0. The maximum absolute atomic E-state index is 7.17. The summed E-state index contributed by atoms with van der Waals surface area (Å²) >= 11 is 0. The van der Waals surface area contributed by atoms with Gasteiger partial charge in [0.15, 0.2) is 0 Å². The Balaban J connectivity index is 3.17. The molecule has 2 heteroatoms. The predicted octanol–water partition coefficient (Wildman–Crippen LogP) is 1.82. The SMILES string of the molecule is Cc1ccc([NH])c([NH])c1. The number of nitrogens with one attached hydrogen (secondary N) is 2. The highest BCUT2D eigenvalue weighted by Crippen LogP contribution is 2.17. The third-order valence-corrected chi connectivity index (χ3v) is 1.18. The first-order valence-corrected chi connectivity index (χ1v) is 2.74. The Hall–Kier alpha value is -1.18. The van der Waals surface area contributed by atoms with Gasteiger partial charge in [-0.2, -0.15) is 0 Å². The summed E-state index contributed by atoms with van der Waals surface area (Å²) in [6.07, 6.45) is 0. The lowest BCUT2D eigenvalue weighted by molar-refractivity contribution is 1.36. The van der Waals surface area contributed by atoms with Crippen molar-refractivity contribution < 1.29 is 0 Å². The molecule has 0 aliphatic carbocycles. The normalized spacial score (nSPS) is 9.44. The Morgan fingerprint density at radius 3 is 2.22 bits per heavy atom. The quantitative estimate of drug-likeness (QED) is 0.501. The van der Waals surface area contributed by atoms with E-state index in [-0.39, 0.29) is 0 Å². The van der Waals surface area contributed by atoms with E-state index < -0.39 is 0 Å². The molecular formula is C7H8N2. The molecule has 0 fully saturated rings. The third-order valence-electron chi connectivity index (χ3n) is 1.18. The van der Waals surface area contributed by atoms with Crippen LogP contribution in [0.2, 0.25) is 0 Å². The molecule has 1 rings (SSSR count). The standard InChI is InChI=1S/C7H8N2/c1-5-2-3-6(8)7(9)4-5/h2-4,8-9H,1H3. The van der Waals surface area contributed by atoms with Gasteiger partial charge in [0, 0.05) is 0 Å². The Labute approximate surface area is 54.5 Å². The van der Waals surface area contributed by atoms with Gasteiger partial charge in [-0.1, -0.05) is 6.07 Å². The summed E-state index contributed by atoms with van der Waals surface area (Å²) < 4.78 is 0. The molecule has 0 bridgehead atoms. The van der Waals surface area contributed by atoms with Crippen LogP contribution in [0.3, 0.4) is 0 Å². The van der Waals surface area contributed by atoms with Crippen LogP contribution in [-0.4, -0.2) is 0 Å². The summed E-state index contributed by atoms with van der Waals surface area (Å²) in [5, 5.41) is 0. The van der Waals surface area contributed by atoms with Crippen LogP contribution in [0.25, 0.3) is 0 Å². The van der Waals surface area contributed by atoms with E-state index in [0.29, 0.717) is 11.4 Å². The van der Waals surface area contributed by atoms with Gasteiger partial charge in [-0.25, -0.2) is 0 Å². The van der Waals surface area contributed by atoms with Crippen molar-refractivity contribution in [2.45, 2.75) is 6.92 Å². The van der Waals surface area contributed by atoms with Gasteiger partial charge in [0.25, 0.3) is 0 Å². The molecule has 2 nitrogen and oxygen atoms in total. The van der Waals surface area contributed by atoms with E-state index in [1.165, 1.54) is 0 Å². The van der Waals surface area contributed by atoms with Crippen LogP contribution in [0, 0.1) is 6.92 Å². The highest BCUT2D eigenvalue weighted by molar-refractivity contribution is 5.58. The van der Waals surface area contributed by atoms with Crippen LogP contribution in [0.15, 0.2) is 18.2 Å². The maximum Gasteiger partial charge on any atom is 0.0791 e. The van der Waals surface area contributed by atoms with Gasteiger partial charge >= 0.3 is 0 Å². The minimum Gasteiger partial charge on any atom is -0.299 e. The summed E-state index contributed by atoms with van der Waals surface area (Å²) in [5.41, 5.74) is 15.9. The fourth-order valence-electron chi connectivity index (χ4n) is 0.658. The largest absolute Gasteiger partial charge is 0.299 e. The summed E-state index contributed by atoms with van der Waals surface area (Å²) in [7, 11) is 0. The first-order valence-electron chi connectivity index (χ1n) is 2.74. The average molecular weight is 120 g/mol. The fourth-order valence-corrected chi connectivity index (χ4v) is 0.658. The van der Waals surface area contributed by atoms with Crippen LogP contribution < -0.4 is 11.5 Å². The van der Waals surface area contributed by atoms with Crippen molar-refractivity contribution in [3.05, 3.63) is 23.8 Å². The van der Waals surface area contributed by atoms with Gasteiger partial charge in [0.05, 0.1) is 11.4 Å². The van der Waals surface area contributed by atoms with Crippen molar-refractivity contribution in [1.82, 2.24) is 11.5 Å². The smallest absolute Gasteiger partial charge is 0.0791 e. The van der Waals surface area contributed by atoms with E-state index in [9.17, 15) is 0 Å². The Bertz CT molecular complexity index is 218. The molecule has 0 saturated heterocycles. The highest BCUT2D eigenvalue weighted by atomic mass is 14.7. The number of aryl methyl sites for hydroxylation is 1. The fraction of sp³-hybridized carbons (Fsp3) is 0.143. The first-order chi connectivity index (χ1) is 4.20. The Morgan fingerprint density at radius 1 is 1.11 bits per heavy atom. The molecule has 0 saturated carbocycles. The van der Waals surface area contributed by atoms with Gasteiger partial charge in [0.1, 0.15) is 0 Å². The zero-order chi connectivity index (χ0) is 6.85. The molecule has 2 radical (unpaired) electrons. The van der Waals surface area contributed by atoms with Gasteiger partial charge in [-0.05, 0) is 24.6 Å². The van der Waals surface area contributed by atoms with Gasteiger partial charge < -0.3 is 0 Å². The molecule has 0 atom stereocenters. The molecule has 0 aliphatic rings. The van der Waals surface area contributed by atoms with Crippen LogP contribution in [0.5, 0.6) is 0 Å². The summed E-state index contributed by atoms with van der Waals surface area (Å²) in [4.78, 5) is 0. The van der Waals surface area contributed by atoms with E-state index in [4.69, 9.17) is 11.5 Å².